The molecule has 2 aliphatic rings. The smallest absolute Gasteiger partial charge is 0.226 e. The lowest BCUT2D eigenvalue weighted by molar-refractivity contribution is -0.142. The molecule has 2 aromatic rings. The van der Waals surface area contributed by atoms with E-state index in [2.05, 4.69) is 36.5 Å². The van der Waals surface area contributed by atoms with E-state index in [1.807, 2.05) is 29.2 Å². The van der Waals surface area contributed by atoms with Crippen LogP contribution in [0.15, 0.2) is 48.5 Å². The normalized spacial score (nSPS) is 21.1. The number of para-hydroxylation sites is 1. The van der Waals surface area contributed by atoms with Crippen molar-refractivity contribution < 1.29 is 14.3 Å². The Balaban J connectivity index is 1.42. The van der Waals surface area contributed by atoms with Crippen molar-refractivity contribution in [3.8, 4) is 5.75 Å². The predicted molar refractivity (Wildman–Crippen MR) is 130 cm³/mol. The van der Waals surface area contributed by atoms with Gasteiger partial charge in [-0.05, 0) is 56.2 Å². The number of nitrogens with one attached hydrogen (secondary N) is 1. The van der Waals surface area contributed by atoms with E-state index in [9.17, 15) is 9.59 Å². The molecule has 1 aliphatic carbocycles. The molecule has 1 aliphatic heterocycles. The topological polar surface area (TPSA) is 58.6 Å². The van der Waals surface area contributed by atoms with Crippen molar-refractivity contribution in [2.45, 2.75) is 57.9 Å². The maximum Gasteiger partial charge on any atom is 0.226 e. The standard InChI is InChI=1S/C28H36N2O3/c1-20-8-7-12-23(18-20)25-15-14-24(19-30(25)28(32)22-10-3-4-11-22)27(31)29-17-16-21-9-5-6-13-26(21)33-2/h5-9,12-13,18,22,24-25H,3-4,10-11,14-17,19H2,1-2H3,(H,29,31)/t24-,25+/m0/s1. The lowest BCUT2D eigenvalue weighted by atomic mass is 9.86. The fourth-order valence-corrected chi connectivity index (χ4v) is 5.43. The number of carbonyl (C=O) groups is 2. The first-order valence-electron chi connectivity index (χ1n) is 12.3. The molecule has 5 heteroatoms. The molecule has 5 nitrogen and oxygen atoms in total. The number of likely N-dealkylation sites (tertiary alicyclic amines) is 1. The first kappa shape index (κ1) is 23.3. The van der Waals surface area contributed by atoms with Crippen molar-refractivity contribution in [3.63, 3.8) is 0 Å². The molecule has 33 heavy (non-hydrogen) atoms. The molecule has 0 radical (unpaired) electrons. The van der Waals surface area contributed by atoms with Gasteiger partial charge in [0.15, 0.2) is 0 Å². The van der Waals surface area contributed by atoms with Crippen molar-refractivity contribution in [3.05, 3.63) is 65.2 Å². The number of amides is 2. The van der Waals surface area contributed by atoms with Gasteiger partial charge in [0.05, 0.1) is 19.1 Å². The van der Waals surface area contributed by atoms with E-state index in [-0.39, 0.29) is 29.7 Å². The monoisotopic (exact) mass is 448 g/mol. The van der Waals surface area contributed by atoms with Gasteiger partial charge < -0.3 is 15.0 Å². The minimum atomic E-state index is -0.158. The fourth-order valence-electron chi connectivity index (χ4n) is 5.43. The van der Waals surface area contributed by atoms with Crippen LogP contribution in [-0.2, 0) is 16.0 Å². The van der Waals surface area contributed by atoms with Crippen LogP contribution in [0.2, 0.25) is 0 Å². The summed E-state index contributed by atoms with van der Waals surface area (Å²) in [5.41, 5.74) is 3.48. The number of hydrogen-bond donors (Lipinski definition) is 1. The second kappa shape index (κ2) is 10.9. The zero-order valence-corrected chi connectivity index (χ0v) is 19.9. The minimum Gasteiger partial charge on any atom is -0.496 e. The van der Waals surface area contributed by atoms with Crippen LogP contribution in [0.4, 0.5) is 0 Å². The SMILES string of the molecule is COc1ccccc1CCNC(=O)[C@H]1CC[C@H](c2cccc(C)c2)N(C(=O)C2CCCC2)C1. The van der Waals surface area contributed by atoms with Crippen LogP contribution in [0.25, 0.3) is 0 Å². The summed E-state index contributed by atoms with van der Waals surface area (Å²) < 4.78 is 5.41. The quantitative estimate of drug-likeness (QED) is 0.660. The average molecular weight is 449 g/mol. The highest BCUT2D eigenvalue weighted by atomic mass is 16.5. The van der Waals surface area contributed by atoms with Gasteiger partial charge in [-0.2, -0.15) is 0 Å². The van der Waals surface area contributed by atoms with Crippen LogP contribution in [-0.4, -0.2) is 36.9 Å². The Labute approximate surface area is 197 Å². The summed E-state index contributed by atoms with van der Waals surface area (Å²) in [5.74, 6) is 1.10. The number of aryl methyl sites for hydroxylation is 1. The number of nitrogens with zero attached hydrogens (tertiary/aromatic N) is 1. The van der Waals surface area contributed by atoms with Crippen LogP contribution in [0, 0.1) is 18.8 Å². The van der Waals surface area contributed by atoms with E-state index in [1.165, 1.54) is 11.1 Å². The van der Waals surface area contributed by atoms with E-state index in [0.717, 1.165) is 56.3 Å². The first-order chi connectivity index (χ1) is 16.1. The van der Waals surface area contributed by atoms with Gasteiger partial charge in [0.25, 0.3) is 0 Å². The second-order valence-electron chi connectivity index (χ2n) is 9.53. The lowest BCUT2D eigenvalue weighted by Gasteiger charge is -2.41. The van der Waals surface area contributed by atoms with Crippen LogP contribution in [0.1, 0.15) is 61.3 Å². The molecule has 1 saturated carbocycles. The molecule has 2 atom stereocenters. The molecule has 1 N–H and O–H groups in total. The highest BCUT2D eigenvalue weighted by Crippen LogP contribution is 2.37. The first-order valence-corrected chi connectivity index (χ1v) is 12.3. The number of methoxy groups -OCH3 is 1. The van der Waals surface area contributed by atoms with Gasteiger partial charge in [-0.3, -0.25) is 9.59 Å². The van der Waals surface area contributed by atoms with E-state index >= 15 is 0 Å². The zero-order valence-electron chi connectivity index (χ0n) is 19.9. The van der Waals surface area contributed by atoms with Crippen molar-refractivity contribution in [1.82, 2.24) is 10.2 Å². The Kier molecular flexibility index (Phi) is 7.69. The summed E-state index contributed by atoms with van der Waals surface area (Å²) in [4.78, 5) is 28.6. The van der Waals surface area contributed by atoms with Gasteiger partial charge >= 0.3 is 0 Å². The third kappa shape index (κ3) is 5.58. The van der Waals surface area contributed by atoms with Crippen molar-refractivity contribution in [2.75, 3.05) is 20.2 Å². The van der Waals surface area contributed by atoms with Crippen molar-refractivity contribution in [1.29, 1.82) is 0 Å². The Morgan fingerprint density at radius 2 is 1.79 bits per heavy atom. The molecule has 0 spiro atoms. The molecule has 4 rings (SSSR count). The van der Waals surface area contributed by atoms with Gasteiger partial charge in [0.1, 0.15) is 5.75 Å². The van der Waals surface area contributed by atoms with Crippen LogP contribution in [0.5, 0.6) is 5.75 Å². The summed E-state index contributed by atoms with van der Waals surface area (Å²) in [6, 6.07) is 16.4. The van der Waals surface area contributed by atoms with Crippen LogP contribution < -0.4 is 10.1 Å². The number of benzene rings is 2. The second-order valence-corrected chi connectivity index (χ2v) is 9.53. The third-order valence-corrected chi connectivity index (χ3v) is 7.25. The molecule has 176 valence electrons. The van der Waals surface area contributed by atoms with Crippen molar-refractivity contribution >= 4 is 11.8 Å². The summed E-state index contributed by atoms with van der Waals surface area (Å²) in [5, 5.41) is 3.11. The Bertz CT molecular complexity index is 967. The molecular weight excluding hydrogens is 412 g/mol. The van der Waals surface area contributed by atoms with Gasteiger partial charge in [-0.15, -0.1) is 0 Å². The summed E-state index contributed by atoms with van der Waals surface area (Å²) in [6.45, 7) is 3.16. The number of piperidine rings is 1. The van der Waals surface area contributed by atoms with Gasteiger partial charge in [0.2, 0.25) is 11.8 Å². The van der Waals surface area contributed by atoms with E-state index < -0.39 is 0 Å². The molecule has 0 unspecified atom stereocenters. The Hall–Kier alpha value is -2.82. The molecular formula is C28H36N2O3. The molecule has 1 heterocycles. The number of ether oxygens (including phenoxy) is 1. The number of carbonyl (C=O) groups excluding carboxylic acids is 2. The molecule has 0 bridgehead atoms. The highest BCUT2D eigenvalue weighted by Gasteiger charge is 2.38. The van der Waals surface area contributed by atoms with Crippen LogP contribution >= 0.6 is 0 Å². The maximum atomic E-state index is 13.5. The summed E-state index contributed by atoms with van der Waals surface area (Å²) >= 11 is 0. The molecule has 2 aromatic carbocycles. The Morgan fingerprint density at radius 3 is 2.55 bits per heavy atom. The van der Waals surface area contributed by atoms with Gasteiger partial charge in [0, 0.05) is 19.0 Å². The van der Waals surface area contributed by atoms with Crippen molar-refractivity contribution in [2.24, 2.45) is 11.8 Å². The van der Waals surface area contributed by atoms with Gasteiger partial charge in [-0.1, -0.05) is 60.9 Å². The predicted octanol–water partition coefficient (Wildman–Crippen LogP) is 4.83. The Morgan fingerprint density at radius 1 is 1.00 bits per heavy atom. The average Bonchev–Trinajstić information content (AvgIpc) is 3.38. The van der Waals surface area contributed by atoms with E-state index in [4.69, 9.17) is 4.74 Å². The third-order valence-electron chi connectivity index (χ3n) is 7.25. The molecule has 0 aromatic heterocycles. The maximum absolute atomic E-state index is 13.5. The molecule has 1 saturated heterocycles. The minimum absolute atomic E-state index is 0.0526. The molecule has 2 fully saturated rings. The summed E-state index contributed by atoms with van der Waals surface area (Å²) in [6.07, 6.45) is 6.56. The lowest BCUT2D eigenvalue weighted by Crippen LogP contribution is -2.48. The van der Waals surface area contributed by atoms with Gasteiger partial charge in [-0.25, -0.2) is 0 Å². The van der Waals surface area contributed by atoms with E-state index in [0.29, 0.717) is 13.1 Å². The molecule has 2 amide bonds. The van der Waals surface area contributed by atoms with E-state index in [1.54, 1.807) is 7.11 Å². The highest BCUT2D eigenvalue weighted by molar-refractivity contribution is 5.83. The number of rotatable bonds is 7. The van der Waals surface area contributed by atoms with Crippen LogP contribution in [0.3, 0.4) is 0 Å². The summed E-state index contributed by atoms with van der Waals surface area (Å²) in [7, 11) is 1.67. The largest absolute Gasteiger partial charge is 0.496 e. The zero-order chi connectivity index (χ0) is 23.2. The fraction of sp³-hybridized carbons (Fsp3) is 0.500. The number of hydrogen-bond acceptors (Lipinski definition) is 3.